The summed E-state index contributed by atoms with van der Waals surface area (Å²) in [7, 11) is -1.10. The summed E-state index contributed by atoms with van der Waals surface area (Å²) < 4.78 is 5.08. The topological polar surface area (TPSA) is 0 Å². The van der Waals surface area contributed by atoms with E-state index in [-0.39, 0.29) is 0 Å². The summed E-state index contributed by atoms with van der Waals surface area (Å²) in [5.74, 6) is 0. The molecule has 0 bridgehead atoms. The van der Waals surface area contributed by atoms with Crippen LogP contribution in [0.4, 0.5) is 0 Å². The van der Waals surface area contributed by atoms with Crippen LogP contribution < -0.4 is 0 Å². The van der Waals surface area contributed by atoms with Crippen LogP contribution in [0.1, 0.15) is 59.3 Å². The zero-order valence-corrected chi connectivity index (χ0v) is 18.8. The Morgan fingerprint density at radius 1 is 0.789 bits per heavy atom. The van der Waals surface area contributed by atoms with Crippen molar-refractivity contribution < 1.29 is 0 Å². The van der Waals surface area contributed by atoms with Crippen LogP contribution in [-0.4, -0.2) is 27.8 Å². The fourth-order valence-electron chi connectivity index (χ4n) is 1.91. The maximum atomic E-state index is 5.12. The van der Waals surface area contributed by atoms with Crippen molar-refractivity contribution in [3.63, 3.8) is 0 Å². The average molecular weight is 389 g/mol. The van der Waals surface area contributed by atoms with Crippen LogP contribution in [0.5, 0.6) is 0 Å². The Bertz CT molecular complexity index is 193. The molecule has 0 aliphatic rings. The fourth-order valence-corrected chi connectivity index (χ4v) is 12.8. The Balaban J connectivity index is 0. The van der Waals surface area contributed by atoms with Crippen LogP contribution in [0.2, 0.25) is 33.0 Å². The van der Waals surface area contributed by atoms with Gasteiger partial charge < -0.3 is 0 Å². The van der Waals surface area contributed by atoms with Crippen LogP contribution in [0.15, 0.2) is 0 Å². The molecule has 0 spiro atoms. The van der Waals surface area contributed by atoms with Gasteiger partial charge in [-0.2, -0.15) is 0 Å². The Hall–Kier alpha value is 0.576. The second kappa shape index (κ2) is 15.0. The third kappa shape index (κ3) is 21.0. The Kier molecular flexibility index (Phi) is 17.2. The summed E-state index contributed by atoms with van der Waals surface area (Å²) in [6.07, 6.45) is 14.0. The first kappa shape index (κ1) is 21.9. The van der Waals surface area contributed by atoms with E-state index in [4.69, 9.17) is 6.42 Å². The number of terminal acetylenes is 1. The molecule has 0 atom stereocenters. The molecule has 0 saturated carbocycles. The molecule has 0 saturated heterocycles. The molecular formula is C17H38SiSn. The SMILES string of the molecule is C#C[Si](C)(C)C.CCC[CH2][SnH]([CH2]CCC)[CH2]CCC. The molecule has 0 unspecified atom stereocenters. The van der Waals surface area contributed by atoms with E-state index in [1.165, 1.54) is 38.5 Å². The van der Waals surface area contributed by atoms with Crippen molar-refractivity contribution >= 4 is 27.8 Å². The molecule has 0 aliphatic carbocycles. The van der Waals surface area contributed by atoms with E-state index in [2.05, 4.69) is 46.0 Å². The predicted molar refractivity (Wildman–Crippen MR) is 98.5 cm³/mol. The van der Waals surface area contributed by atoms with Gasteiger partial charge in [0.2, 0.25) is 0 Å². The quantitative estimate of drug-likeness (QED) is 0.330. The van der Waals surface area contributed by atoms with Crippen LogP contribution in [0.3, 0.4) is 0 Å². The van der Waals surface area contributed by atoms with Crippen LogP contribution in [0.25, 0.3) is 0 Å². The number of rotatable bonds is 9. The van der Waals surface area contributed by atoms with Crippen molar-refractivity contribution in [2.45, 2.75) is 92.2 Å². The van der Waals surface area contributed by atoms with Crippen molar-refractivity contribution in [3.8, 4) is 12.0 Å². The van der Waals surface area contributed by atoms with E-state index in [1.807, 2.05) is 0 Å². The molecule has 0 aromatic rings. The van der Waals surface area contributed by atoms with Crippen molar-refractivity contribution in [1.29, 1.82) is 0 Å². The second-order valence-electron chi connectivity index (χ2n) is 6.69. The molecule has 0 nitrogen and oxygen atoms in total. The first-order valence-electron chi connectivity index (χ1n) is 8.38. The van der Waals surface area contributed by atoms with Gasteiger partial charge in [-0.1, -0.05) is 19.6 Å². The normalized spacial score (nSPS) is 10.8. The van der Waals surface area contributed by atoms with Crippen LogP contribution in [-0.2, 0) is 0 Å². The Morgan fingerprint density at radius 2 is 1.05 bits per heavy atom. The van der Waals surface area contributed by atoms with Crippen LogP contribution >= 0.6 is 0 Å². The molecule has 0 aromatic heterocycles. The van der Waals surface area contributed by atoms with Crippen LogP contribution in [0, 0.1) is 12.0 Å². The zero-order chi connectivity index (χ0) is 15.1. The fraction of sp³-hybridized carbons (Fsp3) is 0.882. The summed E-state index contributed by atoms with van der Waals surface area (Å²) in [6.45, 7) is 13.4. The Labute approximate surface area is 131 Å². The number of unbranched alkanes of at least 4 members (excludes halogenated alkanes) is 3. The molecule has 0 N–H and O–H groups in total. The van der Waals surface area contributed by atoms with Gasteiger partial charge in [-0.15, -0.1) is 12.0 Å². The third-order valence-electron chi connectivity index (χ3n) is 3.33. The molecule has 19 heavy (non-hydrogen) atoms. The molecule has 0 fully saturated rings. The number of hydrogen-bond acceptors (Lipinski definition) is 0. The van der Waals surface area contributed by atoms with Crippen molar-refractivity contribution in [2.75, 3.05) is 0 Å². The van der Waals surface area contributed by atoms with Gasteiger partial charge in [-0.05, 0) is 0 Å². The molecule has 0 heterocycles. The summed E-state index contributed by atoms with van der Waals surface area (Å²) in [5, 5.41) is 0. The predicted octanol–water partition coefficient (Wildman–Crippen LogP) is 6.11. The Morgan fingerprint density at radius 3 is 1.21 bits per heavy atom. The van der Waals surface area contributed by atoms with Gasteiger partial charge in [0.05, 0.1) is 0 Å². The summed E-state index contributed by atoms with van der Waals surface area (Å²) in [6, 6.07) is 0. The van der Waals surface area contributed by atoms with Gasteiger partial charge in [-0.25, -0.2) is 0 Å². The monoisotopic (exact) mass is 390 g/mol. The van der Waals surface area contributed by atoms with Crippen molar-refractivity contribution in [3.05, 3.63) is 0 Å². The molecule has 0 aliphatic heterocycles. The van der Waals surface area contributed by atoms with Gasteiger partial charge in [0.15, 0.2) is 0 Å². The standard InChI is InChI=1S/C5H10Si.3C4H9.Sn.H/c1-5-6(2,3)4;3*1-3-4-2;;/h1H,2-4H3;3*1,3-4H2,2H3;;. The second-order valence-corrected chi connectivity index (χ2v) is 21.4. The molecule has 114 valence electrons. The summed E-state index contributed by atoms with van der Waals surface area (Å²) >= 11 is -0.967. The van der Waals surface area contributed by atoms with Gasteiger partial charge in [-0.3, -0.25) is 0 Å². The minimum atomic E-state index is -1.10. The zero-order valence-electron chi connectivity index (χ0n) is 14.5. The third-order valence-corrected chi connectivity index (χ3v) is 14.7. The molecule has 2 heteroatoms. The van der Waals surface area contributed by atoms with Crippen molar-refractivity contribution in [1.82, 2.24) is 0 Å². The van der Waals surface area contributed by atoms with E-state index in [0.29, 0.717) is 0 Å². The maximum absolute atomic E-state index is 5.12. The molecule has 0 radical (unpaired) electrons. The first-order chi connectivity index (χ1) is 8.91. The van der Waals surface area contributed by atoms with E-state index in [0.717, 1.165) is 0 Å². The van der Waals surface area contributed by atoms with E-state index in [1.54, 1.807) is 13.3 Å². The van der Waals surface area contributed by atoms with Gasteiger partial charge in [0.25, 0.3) is 0 Å². The first-order valence-corrected chi connectivity index (χ1v) is 18.9. The van der Waals surface area contributed by atoms with Gasteiger partial charge in [0.1, 0.15) is 8.07 Å². The molecule has 0 amide bonds. The van der Waals surface area contributed by atoms with E-state index < -0.39 is 27.8 Å². The summed E-state index contributed by atoms with van der Waals surface area (Å²) in [5.41, 5.74) is 2.74. The summed E-state index contributed by atoms with van der Waals surface area (Å²) in [4.78, 5) is 0. The number of hydrogen-bond donors (Lipinski definition) is 0. The molecule has 0 aromatic carbocycles. The average Bonchev–Trinajstić information content (AvgIpc) is 2.38. The van der Waals surface area contributed by atoms with Gasteiger partial charge >= 0.3 is 92.4 Å². The van der Waals surface area contributed by atoms with Gasteiger partial charge in [0, 0.05) is 0 Å². The molecular weight excluding hydrogens is 351 g/mol. The minimum absolute atomic E-state index is 0.967. The molecule has 0 rings (SSSR count). The van der Waals surface area contributed by atoms with E-state index in [9.17, 15) is 0 Å². The van der Waals surface area contributed by atoms with Crippen molar-refractivity contribution in [2.24, 2.45) is 0 Å². The van der Waals surface area contributed by atoms with E-state index >= 15 is 0 Å².